The molecule has 1 amide bonds. The second kappa shape index (κ2) is 8.86. The molecule has 1 fully saturated rings. The molecular formula is C19H24F3NO4. The van der Waals surface area contributed by atoms with Gasteiger partial charge in [-0.3, -0.25) is 4.79 Å². The predicted octanol–water partition coefficient (Wildman–Crippen LogP) is 2.47. The van der Waals surface area contributed by atoms with E-state index in [4.69, 9.17) is 0 Å². The molecule has 2 rings (SSSR count). The Kier molecular flexibility index (Phi) is 7.02. The molecule has 1 aliphatic carbocycles. The SMILES string of the molecule is O=C(NC[C@H](O)[C@@H](O)c1cccc(/C=C/C2(O)CCCCC2)c1)C(F)(F)F. The molecule has 0 radical (unpaired) electrons. The lowest BCUT2D eigenvalue weighted by Crippen LogP contribution is -2.42. The fourth-order valence-electron chi connectivity index (χ4n) is 3.06. The highest BCUT2D eigenvalue weighted by Gasteiger charge is 2.38. The van der Waals surface area contributed by atoms with Crippen LogP contribution >= 0.6 is 0 Å². The van der Waals surface area contributed by atoms with Crippen LogP contribution in [0.15, 0.2) is 30.3 Å². The smallest absolute Gasteiger partial charge is 0.388 e. The average Bonchev–Trinajstić information content (AvgIpc) is 2.63. The van der Waals surface area contributed by atoms with Crippen molar-refractivity contribution in [3.63, 3.8) is 0 Å². The van der Waals surface area contributed by atoms with Crippen molar-refractivity contribution in [1.82, 2.24) is 5.32 Å². The summed E-state index contributed by atoms with van der Waals surface area (Å²) < 4.78 is 36.5. The van der Waals surface area contributed by atoms with E-state index in [9.17, 15) is 33.3 Å². The van der Waals surface area contributed by atoms with Gasteiger partial charge in [-0.05, 0) is 30.0 Å². The van der Waals surface area contributed by atoms with E-state index in [1.807, 2.05) is 0 Å². The third-order valence-electron chi connectivity index (χ3n) is 4.65. The van der Waals surface area contributed by atoms with Gasteiger partial charge in [0.05, 0.1) is 5.60 Å². The first-order valence-electron chi connectivity index (χ1n) is 8.83. The van der Waals surface area contributed by atoms with Gasteiger partial charge in [-0.2, -0.15) is 13.2 Å². The first kappa shape index (κ1) is 21.4. The van der Waals surface area contributed by atoms with E-state index in [0.29, 0.717) is 24.0 Å². The molecule has 2 atom stereocenters. The predicted molar refractivity (Wildman–Crippen MR) is 93.5 cm³/mol. The molecule has 5 nitrogen and oxygen atoms in total. The van der Waals surface area contributed by atoms with E-state index in [1.54, 1.807) is 30.4 Å². The molecule has 4 N–H and O–H groups in total. The fourth-order valence-corrected chi connectivity index (χ4v) is 3.06. The Hall–Kier alpha value is -1.90. The molecule has 1 aromatic rings. The summed E-state index contributed by atoms with van der Waals surface area (Å²) in [6.07, 6.45) is -0.299. The minimum atomic E-state index is -5.05. The number of halogens is 3. The van der Waals surface area contributed by atoms with Crippen LogP contribution in [0.3, 0.4) is 0 Å². The summed E-state index contributed by atoms with van der Waals surface area (Å²) in [6, 6.07) is 6.47. The zero-order chi connectivity index (χ0) is 20.1. The van der Waals surface area contributed by atoms with Crippen LogP contribution in [0.25, 0.3) is 6.08 Å². The van der Waals surface area contributed by atoms with Gasteiger partial charge in [-0.15, -0.1) is 0 Å². The second-order valence-electron chi connectivity index (χ2n) is 6.89. The Labute approximate surface area is 155 Å². The number of hydrogen-bond acceptors (Lipinski definition) is 4. The van der Waals surface area contributed by atoms with Gasteiger partial charge in [0.15, 0.2) is 0 Å². The number of benzene rings is 1. The molecule has 1 saturated carbocycles. The summed E-state index contributed by atoms with van der Waals surface area (Å²) >= 11 is 0. The zero-order valence-electron chi connectivity index (χ0n) is 14.7. The number of aliphatic hydroxyl groups excluding tert-OH is 2. The Bertz CT molecular complexity index is 669. The summed E-state index contributed by atoms with van der Waals surface area (Å²) in [5.41, 5.74) is 0.118. The van der Waals surface area contributed by atoms with Crippen molar-refractivity contribution in [2.45, 2.75) is 56.1 Å². The quantitative estimate of drug-likeness (QED) is 0.604. The van der Waals surface area contributed by atoms with Gasteiger partial charge in [0.1, 0.15) is 12.2 Å². The molecule has 150 valence electrons. The molecule has 0 saturated heterocycles. The van der Waals surface area contributed by atoms with Crippen LogP contribution in [-0.4, -0.2) is 45.7 Å². The van der Waals surface area contributed by atoms with Crippen LogP contribution in [0.2, 0.25) is 0 Å². The number of amides is 1. The Morgan fingerprint density at radius 2 is 1.89 bits per heavy atom. The van der Waals surface area contributed by atoms with Crippen LogP contribution < -0.4 is 5.32 Å². The molecule has 0 heterocycles. The standard InChI is InChI=1S/C19H24F3NO4/c20-19(21,22)17(26)23-12-15(24)16(25)14-6-4-5-13(11-14)7-10-18(27)8-2-1-3-9-18/h4-7,10-11,15-16,24-25,27H,1-3,8-9,12H2,(H,23,26)/b10-7+/t15-,16-/m0/s1. The van der Waals surface area contributed by atoms with E-state index >= 15 is 0 Å². The molecule has 0 bridgehead atoms. The maximum atomic E-state index is 12.2. The van der Waals surface area contributed by atoms with E-state index in [-0.39, 0.29) is 0 Å². The van der Waals surface area contributed by atoms with Crippen LogP contribution in [0, 0.1) is 0 Å². The topological polar surface area (TPSA) is 89.8 Å². The maximum absolute atomic E-state index is 12.2. The van der Waals surface area contributed by atoms with Crippen LogP contribution in [0.5, 0.6) is 0 Å². The second-order valence-corrected chi connectivity index (χ2v) is 6.89. The van der Waals surface area contributed by atoms with Gasteiger partial charge in [0.25, 0.3) is 0 Å². The summed E-state index contributed by atoms with van der Waals surface area (Å²) in [4.78, 5) is 10.8. The Morgan fingerprint density at radius 3 is 2.52 bits per heavy atom. The van der Waals surface area contributed by atoms with Crippen molar-refractivity contribution in [2.24, 2.45) is 0 Å². The van der Waals surface area contributed by atoms with Gasteiger partial charge in [0, 0.05) is 6.54 Å². The molecule has 0 aliphatic heterocycles. The van der Waals surface area contributed by atoms with Gasteiger partial charge in [-0.1, -0.05) is 49.6 Å². The number of rotatable bonds is 6. The summed E-state index contributed by atoms with van der Waals surface area (Å²) in [5.74, 6) is -2.17. The first-order chi connectivity index (χ1) is 12.6. The van der Waals surface area contributed by atoms with Crippen molar-refractivity contribution in [1.29, 1.82) is 0 Å². The Balaban J connectivity index is 1.99. The lowest BCUT2D eigenvalue weighted by atomic mass is 9.84. The van der Waals surface area contributed by atoms with Gasteiger partial charge >= 0.3 is 12.1 Å². The Morgan fingerprint density at radius 1 is 1.22 bits per heavy atom. The van der Waals surface area contributed by atoms with E-state index in [0.717, 1.165) is 19.3 Å². The number of carbonyl (C=O) groups is 1. The van der Waals surface area contributed by atoms with Gasteiger partial charge in [-0.25, -0.2) is 0 Å². The summed E-state index contributed by atoms with van der Waals surface area (Å²) in [5, 5.41) is 32.0. The monoisotopic (exact) mass is 387 g/mol. The fraction of sp³-hybridized carbons (Fsp3) is 0.526. The van der Waals surface area contributed by atoms with Gasteiger partial charge < -0.3 is 20.6 Å². The number of hydrogen-bond donors (Lipinski definition) is 4. The van der Waals surface area contributed by atoms with Crippen molar-refractivity contribution in [3.8, 4) is 0 Å². The molecule has 0 unspecified atom stereocenters. The lowest BCUT2D eigenvalue weighted by Gasteiger charge is -2.28. The van der Waals surface area contributed by atoms with Crippen molar-refractivity contribution < 1.29 is 33.3 Å². The summed E-state index contributed by atoms with van der Waals surface area (Å²) in [7, 11) is 0. The van der Waals surface area contributed by atoms with Crippen molar-refractivity contribution in [3.05, 3.63) is 41.5 Å². The normalized spacial score (nSPS) is 19.6. The van der Waals surface area contributed by atoms with E-state index < -0.39 is 36.4 Å². The molecule has 0 aromatic heterocycles. The first-order valence-corrected chi connectivity index (χ1v) is 8.83. The third kappa shape index (κ3) is 6.34. The van der Waals surface area contributed by atoms with Crippen molar-refractivity contribution >= 4 is 12.0 Å². The number of aliphatic hydroxyl groups is 3. The van der Waals surface area contributed by atoms with E-state index in [1.165, 1.54) is 11.4 Å². The van der Waals surface area contributed by atoms with Crippen LogP contribution in [-0.2, 0) is 4.79 Å². The van der Waals surface area contributed by atoms with Crippen molar-refractivity contribution in [2.75, 3.05) is 6.54 Å². The molecule has 27 heavy (non-hydrogen) atoms. The zero-order valence-corrected chi connectivity index (χ0v) is 14.7. The average molecular weight is 387 g/mol. The van der Waals surface area contributed by atoms with Crippen LogP contribution in [0.1, 0.15) is 49.3 Å². The number of nitrogens with one attached hydrogen (secondary N) is 1. The third-order valence-corrected chi connectivity index (χ3v) is 4.65. The molecule has 1 aliphatic rings. The number of alkyl halides is 3. The largest absolute Gasteiger partial charge is 0.471 e. The highest BCUT2D eigenvalue weighted by atomic mass is 19.4. The number of carbonyl (C=O) groups excluding carboxylic acids is 1. The minimum absolute atomic E-state index is 0.293. The molecule has 0 spiro atoms. The minimum Gasteiger partial charge on any atom is -0.388 e. The molecular weight excluding hydrogens is 363 g/mol. The van der Waals surface area contributed by atoms with Gasteiger partial charge in [0.2, 0.25) is 0 Å². The lowest BCUT2D eigenvalue weighted by molar-refractivity contribution is -0.174. The molecule has 8 heteroatoms. The highest BCUT2D eigenvalue weighted by molar-refractivity contribution is 5.81. The highest BCUT2D eigenvalue weighted by Crippen LogP contribution is 2.30. The molecule has 1 aromatic carbocycles. The van der Waals surface area contributed by atoms with E-state index in [2.05, 4.69) is 0 Å². The summed E-state index contributed by atoms with van der Waals surface area (Å²) in [6.45, 7) is -0.737. The maximum Gasteiger partial charge on any atom is 0.471 e. The van der Waals surface area contributed by atoms with Crippen LogP contribution in [0.4, 0.5) is 13.2 Å².